The molecule has 1 amide bonds. The Morgan fingerprint density at radius 2 is 2.20 bits per heavy atom. The van der Waals surface area contributed by atoms with Crippen molar-refractivity contribution in [1.82, 2.24) is 10.2 Å². The predicted octanol–water partition coefficient (Wildman–Crippen LogP) is 2.53. The van der Waals surface area contributed by atoms with Crippen LogP contribution in [0.1, 0.15) is 59.8 Å². The van der Waals surface area contributed by atoms with E-state index in [9.17, 15) is 4.79 Å². The number of ether oxygens (including phenoxy) is 1. The molecule has 4 unspecified atom stereocenters. The Morgan fingerprint density at radius 1 is 1.45 bits per heavy atom. The summed E-state index contributed by atoms with van der Waals surface area (Å²) in [7, 11) is 0. The average molecular weight is 282 g/mol. The Kier molecular flexibility index (Phi) is 5.44. The molecule has 0 bridgehead atoms. The zero-order valence-corrected chi connectivity index (χ0v) is 13.4. The first-order valence-corrected chi connectivity index (χ1v) is 8.24. The maximum absolute atomic E-state index is 12.8. The lowest BCUT2D eigenvalue weighted by molar-refractivity contribution is -0.136. The fourth-order valence-corrected chi connectivity index (χ4v) is 3.44. The second-order valence-electron chi connectivity index (χ2n) is 6.66. The molecule has 20 heavy (non-hydrogen) atoms. The van der Waals surface area contributed by atoms with Crippen molar-refractivity contribution in [3.8, 4) is 0 Å². The maximum Gasteiger partial charge on any atom is 0.241 e. The third-order valence-corrected chi connectivity index (χ3v) is 4.55. The molecule has 0 radical (unpaired) electrons. The summed E-state index contributed by atoms with van der Waals surface area (Å²) in [5.41, 5.74) is 0. The van der Waals surface area contributed by atoms with E-state index < -0.39 is 0 Å². The normalized spacial score (nSPS) is 35.0. The number of unbranched alkanes of at least 4 members (excludes halogenated alkanes) is 1. The minimum atomic E-state index is 0.0282. The number of hydrogen-bond donors (Lipinski definition) is 1. The zero-order chi connectivity index (χ0) is 14.7. The first kappa shape index (κ1) is 15.8. The fraction of sp³-hybridized carbons (Fsp3) is 0.938. The van der Waals surface area contributed by atoms with Gasteiger partial charge >= 0.3 is 0 Å². The van der Waals surface area contributed by atoms with Gasteiger partial charge in [-0.05, 0) is 32.1 Å². The van der Waals surface area contributed by atoms with Crippen molar-refractivity contribution in [3.63, 3.8) is 0 Å². The second-order valence-corrected chi connectivity index (χ2v) is 6.66. The molecule has 2 aliphatic heterocycles. The first-order valence-electron chi connectivity index (χ1n) is 8.24. The highest BCUT2D eigenvalue weighted by atomic mass is 16.5. The standard InChI is InChI=1S/C16H30N2O2/c1-5-6-7-14-16(19)18(15(17-14)11(2)3)13-8-9-20-12(4)10-13/h11-15,17H,5-10H2,1-4H3. The lowest BCUT2D eigenvalue weighted by Crippen LogP contribution is -2.50. The van der Waals surface area contributed by atoms with Gasteiger partial charge in [0, 0.05) is 12.6 Å². The predicted molar refractivity (Wildman–Crippen MR) is 80.4 cm³/mol. The number of amides is 1. The van der Waals surface area contributed by atoms with Crippen LogP contribution in [0.25, 0.3) is 0 Å². The van der Waals surface area contributed by atoms with E-state index in [0.29, 0.717) is 17.9 Å². The van der Waals surface area contributed by atoms with Crippen molar-refractivity contribution in [2.24, 2.45) is 5.92 Å². The van der Waals surface area contributed by atoms with E-state index in [1.165, 1.54) is 0 Å². The van der Waals surface area contributed by atoms with Crippen LogP contribution in [0.5, 0.6) is 0 Å². The Hall–Kier alpha value is -0.610. The van der Waals surface area contributed by atoms with Crippen LogP contribution < -0.4 is 5.32 Å². The highest BCUT2D eigenvalue weighted by Crippen LogP contribution is 2.28. The molecule has 2 aliphatic rings. The molecule has 116 valence electrons. The van der Waals surface area contributed by atoms with Crippen molar-refractivity contribution in [2.75, 3.05) is 6.61 Å². The molecule has 4 nitrogen and oxygen atoms in total. The lowest BCUT2D eigenvalue weighted by Gasteiger charge is -2.38. The number of carbonyl (C=O) groups is 1. The third-order valence-electron chi connectivity index (χ3n) is 4.55. The van der Waals surface area contributed by atoms with Gasteiger partial charge in [0.05, 0.1) is 18.3 Å². The van der Waals surface area contributed by atoms with E-state index in [2.05, 4.69) is 37.9 Å². The number of nitrogens with one attached hydrogen (secondary N) is 1. The van der Waals surface area contributed by atoms with Gasteiger partial charge in [0.1, 0.15) is 0 Å². The average Bonchev–Trinajstić information content (AvgIpc) is 2.74. The molecule has 0 aliphatic carbocycles. The first-order chi connectivity index (χ1) is 9.54. The second kappa shape index (κ2) is 6.90. The summed E-state index contributed by atoms with van der Waals surface area (Å²) < 4.78 is 5.63. The number of rotatable bonds is 5. The van der Waals surface area contributed by atoms with Gasteiger partial charge in [0.15, 0.2) is 0 Å². The number of nitrogens with zero attached hydrogens (tertiary/aromatic N) is 1. The van der Waals surface area contributed by atoms with Crippen LogP contribution in [0, 0.1) is 5.92 Å². The summed E-state index contributed by atoms with van der Waals surface area (Å²) in [6, 6.07) is 0.373. The van der Waals surface area contributed by atoms with E-state index in [4.69, 9.17) is 4.74 Å². The Labute approximate surface area is 123 Å². The molecule has 4 atom stereocenters. The summed E-state index contributed by atoms with van der Waals surface area (Å²) in [6.45, 7) is 9.46. The van der Waals surface area contributed by atoms with Crippen LogP contribution in [-0.2, 0) is 9.53 Å². The molecule has 2 rings (SSSR count). The molecular weight excluding hydrogens is 252 g/mol. The van der Waals surface area contributed by atoms with Crippen molar-refractivity contribution >= 4 is 5.91 Å². The minimum absolute atomic E-state index is 0.0282. The summed E-state index contributed by atoms with van der Waals surface area (Å²) in [5.74, 6) is 0.764. The zero-order valence-electron chi connectivity index (χ0n) is 13.4. The lowest BCUT2D eigenvalue weighted by atomic mass is 10.00. The largest absolute Gasteiger partial charge is 0.378 e. The van der Waals surface area contributed by atoms with Crippen LogP contribution in [0.15, 0.2) is 0 Å². The molecule has 2 fully saturated rings. The highest BCUT2D eigenvalue weighted by Gasteiger charge is 2.44. The highest BCUT2D eigenvalue weighted by molar-refractivity contribution is 5.84. The van der Waals surface area contributed by atoms with Crippen LogP contribution >= 0.6 is 0 Å². The Morgan fingerprint density at radius 3 is 2.80 bits per heavy atom. The molecule has 0 aromatic carbocycles. The molecule has 0 spiro atoms. The molecule has 4 heteroatoms. The molecule has 2 heterocycles. The molecule has 1 N–H and O–H groups in total. The Bertz CT molecular complexity index is 332. The maximum atomic E-state index is 12.8. The van der Waals surface area contributed by atoms with Crippen molar-refractivity contribution in [3.05, 3.63) is 0 Å². The minimum Gasteiger partial charge on any atom is -0.378 e. The molecule has 0 aromatic rings. The Balaban J connectivity index is 2.08. The van der Waals surface area contributed by atoms with Gasteiger partial charge in [-0.2, -0.15) is 0 Å². The summed E-state index contributed by atoms with van der Waals surface area (Å²) >= 11 is 0. The molecule has 0 saturated carbocycles. The van der Waals surface area contributed by atoms with E-state index >= 15 is 0 Å². The van der Waals surface area contributed by atoms with Crippen molar-refractivity contribution in [1.29, 1.82) is 0 Å². The van der Waals surface area contributed by atoms with Gasteiger partial charge in [-0.25, -0.2) is 0 Å². The van der Waals surface area contributed by atoms with Gasteiger partial charge in [-0.15, -0.1) is 0 Å². The summed E-state index contributed by atoms with van der Waals surface area (Å²) in [6.07, 6.45) is 5.63. The van der Waals surface area contributed by atoms with E-state index in [0.717, 1.165) is 38.7 Å². The topological polar surface area (TPSA) is 41.6 Å². The summed E-state index contributed by atoms with van der Waals surface area (Å²) in [4.78, 5) is 14.9. The van der Waals surface area contributed by atoms with Crippen LogP contribution in [0.2, 0.25) is 0 Å². The van der Waals surface area contributed by atoms with Crippen LogP contribution in [-0.4, -0.2) is 41.8 Å². The van der Waals surface area contributed by atoms with Gasteiger partial charge in [0.2, 0.25) is 5.91 Å². The number of hydrogen-bond acceptors (Lipinski definition) is 3. The monoisotopic (exact) mass is 282 g/mol. The van der Waals surface area contributed by atoms with Gasteiger partial charge < -0.3 is 9.64 Å². The number of carbonyl (C=O) groups excluding carboxylic acids is 1. The van der Waals surface area contributed by atoms with E-state index in [1.54, 1.807) is 0 Å². The molecular formula is C16H30N2O2. The molecule has 0 aromatic heterocycles. The summed E-state index contributed by atoms with van der Waals surface area (Å²) in [5, 5.41) is 3.57. The van der Waals surface area contributed by atoms with E-state index in [-0.39, 0.29) is 18.3 Å². The van der Waals surface area contributed by atoms with Gasteiger partial charge in [-0.3, -0.25) is 10.1 Å². The van der Waals surface area contributed by atoms with Gasteiger partial charge in [-0.1, -0.05) is 33.6 Å². The van der Waals surface area contributed by atoms with Gasteiger partial charge in [0.25, 0.3) is 0 Å². The SMILES string of the molecule is CCCCC1NC(C(C)C)N(C2CCOC(C)C2)C1=O. The fourth-order valence-electron chi connectivity index (χ4n) is 3.44. The van der Waals surface area contributed by atoms with Crippen molar-refractivity contribution in [2.45, 2.75) is 84.2 Å². The molecule has 2 saturated heterocycles. The van der Waals surface area contributed by atoms with Crippen LogP contribution in [0.4, 0.5) is 0 Å². The van der Waals surface area contributed by atoms with Crippen molar-refractivity contribution < 1.29 is 9.53 Å². The van der Waals surface area contributed by atoms with Crippen LogP contribution in [0.3, 0.4) is 0 Å². The third kappa shape index (κ3) is 3.34. The smallest absolute Gasteiger partial charge is 0.241 e. The van der Waals surface area contributed by atoms with E-state index in [1.807, 2.05) is 0 Å². The quantitative estimate of drug-likeness (QED) is 0.842.